The van der Waals surface area contributed by atoms with Crippen LogP contribution < -0.4 is 10.6 Å². The molecule has 1 aromatic rings. The first kappa shape index (κ1) is 13.8. The maximum atomic E-state index is 11.7. The molecule has 0 aromatic heterocycles. The molecule has 1 aromatic carbocycles. The molecule has 0 radical (unpaired) electrons. The molecule has 1 saturated heterocycles. The van der Waals surface area contributed by atoms with Crippen molar-refractivity contribution < 1.29 is 13.3 Å². The second kappa shape index (κ2) is 4.78. The maximum absolute atomic E-state index is 11.7. The summed E-state index contributed by atoms with van der Waals surface area (Å²) in [6.45, 7) is 1.11. The highest BCUT2D eigenvalue weighted by atomic mass is 32.2. The van der Waals surface area contributed by atoms with Gasteiger partial charge in [0.2, 0.25) is 0 Å². The Morgan fingerprint density at radius 2 is 2.16 bits per heavy atom. The summed E-state index contributed by atoms with van der Waals surface area (Å²) < 4.78 is 23.5. The van der Waals surface area contributed by atoms with E-state index in [1.807, 2.05) is 0 Å². The van der Waals surface area contributed by atoms with Crippen molar-refractivity contribution in [3.8, 4) is 0 Å². The maximum Gasteiger partial charge on any atom is 0.271 e. The first-order chi connectivity index (χ1) is 8.79. The topological polar surface area (TPSA) is 107 Å². The minimum Gasteiger partial charge on any atom is -0.369 e. The summed E-state index contributed by atoms with van der Waals surface area (Å²) >= 11 is 0. The van der Waals surface area contributed by atoms with E-state index in [9.17, 15) is 18.5 Å². The number of hydrogen-bond acceptors (Lipinski definition) is 6. The lowest BCUT2D eigenvalue weighted by atomic mass is 10.2. The van der Waals surface area contributed by atoms with Crippen LogP contribution in [0.3, 0.4) is 0 Å². The number of sulfone groups is 1. The van der Waals surface area contributed by atoms with Crippen molar-refractivity contribution >= 4 is 21.2 Å². The molecule has 1 aliphatic rings. The second-order valence-corrected chi connectivity index (χ2v) is 6.66. The molecular formula is C11H15N3O4S. The van der Waals surface area contributed by atoms with E-state index >= 15 is 0 Å². The van der Waals surface area contributed by atoms with Crippen LogP contribution in [0.5, 0.6) is 0 Å². The van der Waals surface area contributed by atoms with E-state index in [1.165, 1.54) is 18.2 Å². The Morgan fingerprint density at radius 1 is 1.47 bits per heavy atom. The fraction of sp³-hybridized carbons (Fsp3) is 0.455. The molecule has 0 aliphatic carbocycles. The van der Waals surface area contributed by atoms with Gasteiger partial charge in [-0.05, 0) is 12.5 Å². The zero-order valence-corrected chi connectivity index (χ0v) is 11.3. The highest BCUT2D eigenvalue weighted by molar-refractivity contribution is 7.90. The molecule has 2 rings (SSSR count). The summed E-state index contributed by atoms with van der Waals surface area (Å²) in [4.78, 5) is 12.2. The van der Waals surface area contributed by atoms with Gasteiger partial charge in [-0.3, -0.25) is 10.1 Å². The molecule has 0 unspecified atom stereocenters. The van der Waals surface area contributed by atoms with E-state index in [-0.39, 0.29) is 16.6 Å². The summed E-state index contributed by atoms with van der Waals surface area (Å²) in [6, 6.07) is 3.75. The number of hydrogen-bond donors (Lipinski definition) is 1. The number of nitrogens with two attached hydrogens (primary N) is 1. The first-order valence-electron chi connectivity index (χ1n) is 5.78. The molecule has 8 heteroatoms. The van der Waals surface area contributed by atoms with Crippen LogP contribution in [0, 0.1) is 10.1 Å². The van der Waals surface area contributed by atoms with Gasteiger partial charge in [-0.1, -0.05) is 0 Å². The predicted molar refractivity (Wildman–Crippen MR) is 71.0 cm³/mol. The Labute approximate surface area is 111 Å². The standard InChI is InChI=1S/C11H15N3O4S/c1-19(17,18)11-3-2-9(14(15)16)6-10(11)13-5-4-8(12)7-13/h2-3,6,8H,4-5,7,12H2,1H3/t8-/m1/s1. The van der Waals surface area contributed by atoms with Crippen molar-refractivity contribution in [2.45, 2.75) is 17.4 Å². The normalized spacial score (nSPS) is 19.7. The van der Waals surface area contributed by atoms with Crippen molar-refractivity contribution in [1.29, 1.82) is 0 Å². The van der Waals surface area contributed by atoms with Gasteiger partial charge in [-0.15, -0.1) is 0 Å². The van der Waals surface area contributed by atoms with Crippen molar-refractivity contribution in [1.82, 2.24) is 0 Å². The molecule has 1 fully saturated rings. The number of anilines is 1. The lowest BCUT2D eigenvalue weighted by Crippen LogP contribution is -2.27. The van der Waals surface area contributed by atoms with Gasteiger partial charge in [0, 0.05) is 37.5 Å². The van der Waals surface area contributed by atoms with Crippen molar-refractivity contribution in [2.24, 2.45) is 5.73 Å². The molecule has 19 heavy (non-hydrogen) atoms. The number of nitrogens with zero attached hydrogens (tertiary/aromatic N) is 2. The van der Waals surface area contributed by atoms with Gasteiger partial charge in [0.1, 0.15) is 0 Å². The predicted octanol–water partition coefficient (Wildman–Crippen LogP) is 0.536. The van der Waals surface area contributed by atoms with Gasteiger partial charge in [0.15, 0.2) is 9.84 Å². The van der Waals surface area contributed by atoms with Gasteiger partial charge in [-0.25, -0.2) is 8.42 Å². The van der Waals surface area contributed by atoms with E-state index in [0.29, 0.717) is 18.8 Å². The third kappa shape index (κ3) is 2.85. The molecule has 0 amide bonds. The van der Waals surface area contributed by atoms with Crippen LogP contribution in [-0.4, -0.2) is 38.7 Å². The summed E-state index contributed by atoms with van der Waals surface area (Å²) in [7, 11) is -3.44. The number of nitro groups is 1. The Hall–Kier alpha value is -1.67. The van der Waals surface area contributed by atoms with Gasteiger partial charge in [-0.2, -0.15) is 0 Å². The average Bonchev–Trinajstić information content (AvgIpc) is 2.73. The smallest absolute Gasteiger partial charge is 0.271 e. The SMILES string of the molecule is CS(=O)(=O)c1ccc([N+](=O)[O-])cc1N1CC[C@@H](N)C1. The highest BCUT2D eigenvalue weighted by Crippen LogP contribution is 2.31. The Balaban J connectivity index is 2.53. The summed E-state index contributed by atoms with van der Waals surface area (Å²) in [5.41, 5.74) is 6.04. The minimum atomic E-state index is -3.44. The molecular weight excluding hydrogens is 270 g/mol. The van der Waals surface area contributed by atoms with Gasteiger partial charge in [0.25, 0.3) is 5.69 Å². The molecule has 0 bridgehead atoms. The molecule has 0 spiro atoms. The summed E-state index contributed by atoms with van der Waals surface area (Å²) in [6.07, 6.45) is 1.83. The fourth-order valence-electron chi connectivity index (χ4n) is 2.19. The molecule has 104 valence electrons. The van der Waals surface area contributed by atoms with E-state index < -0.39 is 14.8 Å². The Bertz CT molecular complexity index is 614. The third-order valence-electron chi connectivity index (χ3n) is 3.12. The fourth-order valence-corrected chi connectivity index (χ4v) is 3.07. The molecule has 2 N–H and O–H groups in total. The van der Waals surface area contributed by atoms with Gasteiger partial charge < -0.3 is 10.6 Å². The van der Waals surface area contributed by atoms with Crippen LogP contribution in [-0.2, 0) is 9.84 Å². The first-order valence-corrected chi connectivity index (χ1v) is 7.67. The molecule has 1 heterocycles. The lowest BCUT2D eigenvalue weighted by molar-refractivity contribution is -0.384. The quantitative estimate of drug-likeness (QED) is 0.641. The Kier molecular flexibility index (Phi) is 3.46. The zero-order chi connectivity index (χ0) is 14.2. The van der Waals surface area contributed by atoms with Crippen molar-refractivity contribution in [3.63, 3.8) is 0 Å². The van der Waals surface area contributed by atoms with E-state index in [1.54, 1.807) is 4.90 Å². The average molecular weight is 285 g/mol. The summed E-state index contributed by atoms with van der Waals surface area (Å²) in [5.74, 6) is 0. The largest absolute Gasteiger partial charge is 0.369 e. The second-order valence-electron chi connectivity index (χ2n) is 4.68. The molecule has 1 atom stereocenters. The van der Waals surface area contributed by atoms with Crippen LogP contribution in [0.25, 0.3) is 0 Å². The van der Waals surface area contributed by atoms with Gasteiger partial charge >= 0.3 is 0 Å². The number of non-ortho nitro benzene ring substituents is 1. The third-order valence-corrected chi connectivity index (χ3v) is 4.26. The van der Waals surface area contributed by atoms with E-state index in [2.05, 4.69) is 0 Å². The minimum absolute atomic E-state index is 0.0355. The van der Waals surface area contributed by atoms with Crippen molar-refractivity contribution in [3.05, 3.63) is 28.3 Å². The van der Waals surface area contributed by atoms with E-state index in [0.717, 1.165) is 12.7 Å². The molecule has 0 saturated carbocycles. The van der Waals surface area contributed by atoms with Crippen molar-refractivity contribution in [2.75, 3.05) is 24.2 Å². The van der Waals surface area contributed by atoms with Crippen LogP contribution in [0.2, 0.25) is 0 Å². The van der Waals surface area contributed by atoms with E-state index in [4.69, 9.17) is 5.73 Å². The lowest BCUT2D eigenvalue weighted by Gasteiger charge is -2.20. The highest BCUT2D eigenvalue weighted by Gasteiger charge is 2.26. The molecule has 1 aliphatic heterocycles. The van der Waals surface area contributed by atoms with Gasteiger partial charge in [0.05, 0.1) is 15.5 Å². The summed E-state index contributed by atoms with van der Waals surface area (Å²) in [5, 5.41) is 10.8. The zero-order valence-electron chi connectivity index (χ0n) is 10.4. The van der Waals surface area contributed by atoms with Crippen LogP contribution >= 0.6 is 0 Å². The van der Waals surface area contributed by atoms with Crippen LogP contribution in [0.15, 0.2) is 23.1 Å². The Morgan fingerprint density at radius 3 is 2.63 bits per heavy atom. The monoisotopic (exact) mass is 285 g/mol. The number of nitro benzene ring substituents is 1. The number of rotatable bonds is 3. The molecule has 7 nitrogen and oxygen atoms in total. The van der Waals surface area contributed by atoms with Crippen LogP contribution in [0.4, 0.5) is 11.4 Å². The number of benzene rings is 1. The van der Waals surface area contributed by atoms with Crippen LogP contribution in [0.1, 0.15) is 6.42 Å².